The lowest BCUT2D eigenvalue weighted by Gasteiger charge is -2.09. The molecular weight excluding hydrogens is 221 g/mol. The Labute approximate surface area is 98.5 Å². The van der Waals surface area contributed by atoms with Crippen molar-refractivity contribution in [1.29, 1.82) is 0 Å². The number of rotatable bonds is 4. The summed E-state index contributed by atoms with van der Waals surface area (Å²) in [6.07, 6.45) is 3.08. The van der Waals surface area contributed by atoms with Gasteiger partial charge in [0.2, 0.25) is 11.8 Å². The van der Waals surface area contributed by atoms with E-state index in [9.17, 15) is 4.39 Å². The van der Waals surface area contributed by atoms with Crippen LogP contribution in [0.1, 0.15) is 5.56 Å². The van der Waals surface area contributed by atoms with Crippen molar-refractivity contribution >= 4 is 5.69 Å². The van der Waals surface area contributed by atoms with E-state index in [2.05, 4.69) is 15.3 Å². The minimum Gasteiger partial charge on any atom is -0.481 e. The van der Waals surface area contributed by atoms with Gasteiger partial charge in [-0.3, -0.25) is 0 Å². The zero-order valence-electron chi connectivity index (χ0n) is 9.35. The first-order valence-electron chi connectivity index (χ1n) is 5.13. The zero-order chi connectivity index (χ0) is 12.1. The number of halogens is 1. The molecule has 5 heteroatoms. The molecule has 0 aliphatic rings. The van der Waals surface area contributed by atoms with Gasteiger partial charge in [0.1, 0.15) is 0 Å². The number of ether oxygens (including phenoxy) is 1. The lowest BCUT2D eigenvalue weighted by molar-refractivity contribution is 0.393. The number of hydrogen-bond donors (Lipinski definition) is 1. The van der Waals surface area contributed by atoms with Crippen LogP contribution in [0.2, 0.25) is 0 Å². The van der Waals surface area contributed by atoms with E-state index in [1.54, 1.807) is 19.4 Å². The first kappa shape index (κ1) is 11.3. The lowest BCUT2D eigenvalue weighted by Crippen LogP contribution is -2.03. The Hall–Kier alpha value is -2.17. The molecule has 0 fully saturated rings. The fourth-order valence-electron chi connectivity index (χ4n) is 1.45. The van der Waals surface area contributed by atoms with Gasteiger partial charge < -0.3 is 10.1 Å². The molecule has 17 heavy (non-hydrogen) atoms. The van der Waals surface area contributed by atoms with Crippen LogP contribution < -0.4 is 10.1 Å². The van der Waals surface area contributed by atoms with Crippen molar-refractivity contribution in [2.24, 2.45) is 0 Å². The highest BCUT2D eigenvalue weighted by Gasteiger charge is 2.03. The number of pyridine rings is 2. The summed E-state index contributed by atoms with van der Waals surface area (Å²) in [4.78, 5) is 7.56. The van der Waals surface area contributed by atoms with Crippen LogP contribution in [0.5, 0.6) is 5.88 Å². The van der Waals surface area contributed by atoms with Crippen molar-refractivity contribution in [3.05, 3.63) is 48.2 Å². The van der Waals surface area contributed by atoms with Crippen LogP contribution in [0.15, 0.2) is 36.7 Å². The van der Waals surface area contributed by atoms with Crippen molar-refractivity contribution in [1.82, 2.24) is 9.97 Å². The van der Waals surface area contributed by atoms with E-state index in [1.165, 1.54) is 12.3 Å². The summed E-state index contributed by atoms with van der Waals surface area (Å²) in [6, 6.07) is 6.76. The molecule has 88 valence electrons. The maximum absolute atomic E-state index is 12.9. The summed E-state index contributed by atoms with van der Waals surface area (Å²) in [6.45, 7) is 0.514. The third-order valence-electron chi connectivity index (χ3n) is 2.25. The number of aromatic nitrogens is 2. The van der Waals surface area contributed by atoms with Gasteiger partial charge in [-0.15, -0.1) is 0 Å². The highest BCUT2D eigenvalue weighted by atomic mass is 19.1. The van der Waals surface area contributed by atoms with Gasteiger partial charge in [0.25, 0.3) is 0 Å². The first-order chi connectivity index (χ1) is 8.29. The highest BCUT2D eigenvalue weighted by molar-refractivity contribution is 5.42. The Bertz CT molecular complexity index is 505. The van der Waals surface area contributed by atoms with Crippen molar-refractivity contribution in [2.45, 2.75) is 6.54 Å². The largest absolute Gasteiger partial charge is 0.481 e. The molecule has 2 heterocycles. The second-order valence-corrected chi connectivity index (χ2v) is 3.39. The first-order valence-corrected chi connectivity index (χ1v) is 5.13. The van der Waals surface area contributed by atoms with Gasteiger partial charge in [0.05, 0.1) is 7.11 Å². The maximum atomic E-state index is 12.9. The van der Waals surface area contributed by atoms with Crippen LogP contribution in [0.25, 0.3) is 0 Å². The van der Waals surface area contributed by atoms with E-state index >= 15 is 0 Å². The molecule has 0 saturated heterocycles. The minimum absolute atomic E-state index is 0.506. The Kier molecular flexibility index (Phi) is 3.49. The van der Waals surface area contributed by atoms with E-state index in [-0.39, 0.29) is 0 Å². The third-order valence-corrected chi connectivity index (χ3v) is 2.25. The van der Waals surface area contributed by atoms with E-state index in [0.717, 1.165) is 5.56 Å². The quantitative estimate of drug-likeness (QED) is 0.823. The Morgan fingerprint density at radius 1 is 1.29 bits per heavy atom. The van der Waals surface area contributed by atoms with Crippen molar-refractivity contribution < 1.29 is 9.13 Å². The van der Waals surface area contributed by atoms with E-state index in [1.807, 2.05) is 12.1 Å². The second-order valence-electron chi connectivity index (χ2n) is 3.39. The SMILES string of the molecule is COc1ncccc1CNc1ccnc(F)c1. The number of nitrogens with zero attached hydrogens (tertiary/aromatic N) is 2. The minimum atomic E-state index is -0.506. The van der Waals surface area contributed by atoms with Crippen LogP contribution in [0.4, 0.5) is 10.1 Å². The molecule has 2 rings (SSSR count). The highest BCUT2D eigenvalue weighted by Crippen LogP contribution is 2.16. The summed E-state index contributed by atoms with van der Waals surface area (Å²) in [7, 11) is 1.57. The van der Waals surface area contributed by atoms with Gasteiger partial charge in [0, 0.05) is 36.3 Å². The average Bonchev–Trinajstić information content (AvgIpc) is 2.37. The van der Waals surface area contributed by atoms with Gasteiger partial charge in [-0.05, 0) is 12.1 Å². The molecule has 0 aromatic carbocycles. The van der Waals surface area contributed by atoms with Gasteiger partial charge in [-0.1, -0.05) is 6.07 Å². The number of nitrogens with one attached hydrogen (secondary N) is 1. The molecule has 0 bridgehead atoms. The standard InChI is InChI=1S/C12H12FN3O/c1-17-12-9(3-2-5-15-12)8-16-10-4-6-14-11(13)7-10/h2-7H,8H2,1H3,(H,14,16). The second kappa shape index (κ2) is 5.25. The van der Waals surface area contributed by atoms with Crippen LogP contribution in [-0.4, -0.2) is 17.1 Å². The van der Waals surface area contributed by atoms with Crippen LogP contribution >= 0.6 is 0 Å². The van der Waals surface area contributed by atoms with Gasteiger partial charge in [-0.25, -0.2) is 9.97 Å². The smallest absolute Gasteiger partial charge is 0.218 e. The van der Waals surface area contributed by atoms with E-state index < -0.39 is 5.95 Å². The summed E-state index contributed by atoms with van der Waals surface area (Å²) < 4.78 is 18.0. The summed E-state index contributed by atoms with van der Waals surface area (Å²) in [5.41, 5.74) is 1.58. The molecule has 0 unspecified atom stereocenters. The van der Waals surface area contributed by atoms with Crippen LogP contribution in [0.3, 0.4) is 0 Å². The molecule has 0 atom stereocenters. The predicted molar refractivity (Wildman–Crippen MR) is 62.3 cm³/mol. The van der Waals surface area contributed by atoms with Crippen molar-refractivity contribution in [3.63, 3.8) is 0 Å². The zero-order valence-corrected chi connectivity index (χ0v) is 9.35. The normalized spacial score (nSPS) is 10.0. The van der Waals surface area contributed by atoms with Crippen LogP contribution in [-0.2, 0) is 6.54 Å². The molecule has 0 radical (unpaired) electrons. The molecule has 0 saturated carbocycles. The molecule has 0 aliphatic heterocycles. The van der Waals surface area contributed by atoms with Gasteiger partial charge >= 0.3 is 0 Å². The Morgan fingerprint density at radius 3 is 2.94 bits per heavy atom. The third kappa shape index (κ3) is 2.90. The molecule has 0 aliphatic carbocycles. The summed E-state index contributed by atoms with van der Waals surface area (Å²) in [5, 5.41) is 3.08. The maximum Gasteiger partial charge on any atom is 0.218 e. The molecule has 0 amide bonds. The van der Waals surface area contributed by atoms with E-state index in [4.69, 9.17) is 4.74 Å². The predicted octanol–water partition coefficient (Wildman–Crippen LogP) is 2.24. The average molecular weight is 233 g/mol. The molecule has 2 aromatic rings. The number of hydrogen-bond acceptors (Lipinski definition) is 4. The van der Waals surface area contributed by atoms with Crippen molar-refractivity contribution in [2.75, 3.05) is 12.4 Å². The Balaban J connectivity index is 2.07. The fraction of sp³-hybridized carbons (Fsp3) is 0.167. The van der Waals surface area contributed by atoms with Gasteiger partial charge in [0.15, 0.2) is 0 Å². The van der Waals surface area contributed by atoms with Crippen LogP contribution in [0, 0.1) is 5.95 Å². The molecular formula is C12H12FN3O. The Morgan fingerprint density at radius 2 is 2.18 bits per heavy atom. The van der Waals surface area contributed by atoms with Crippen molar-refractivity contribution in [3.8, 4) is 5.88 Å². The fourth-order valence-corrected chi connectivity index (χ4v) is 1.45. The van der Waals surface area contributed by atoms with Gasteiger partial charge in [-0.2, -0.15) is 4.39 Å². The summed E-state index contributed by atoms with van der Waals surface area (Å²) >= 11 is 0. The molecule has 0 spiro atoms. The molecule has 1 N–H and O–H groups in total. The summed E-state index contributed by atoms with van der Waals surface area (Å²) in [5.74, 6) is 0.0580. The topological polar surface area (TPSA) is 47.0 Å². The number of methoxy groups -OCH3 is 1. The lowest BCUT2D eigenvalue weighted by atomic mass is 10.2. The molecule has 2 aromatic heterocycles. The number of anilines is 1. The monoisotopic (exact) mass is 233 g/mol. The van der Waals surface area contributed by atoms with E-state index in [0.29, 0.717) is 18.1 Å². The molecule has 4 nitrogen and oxygen atoms in total.